The predicted molar refractivity (Wildman–Crippen MR) is 87.1 cm³/mol. The van der Waals surface area contributed by atoms with Crippen LogP contribution in [0, 0.1) is 0 Å². The Balaban J connectivity index is 0.000000887. The molecule has 0 aromatic heterocycles. The van der Waals surface area contributed by atoms with Gasteiger partial charge in [0.25, 0.3) is 0 Å². The maximum atomic E-state index is 12.1. The van der Waals surface area contributed by atoms with E-state index >= 15 is 0 Å². The molecule has 1 rings (SSSR count). The molecule has 1 heterocycles. The third-order valence-corrected chi connectivity index (χ3v) is 4.20. The summed E-state index contributed by atoms with van der Waals surface area (Å²) in [5.74, 6) is -5.55. The van der Waals surface area contributed by atoms with E-state index < -0.39 is 48.0 Å². The number of carbonyl (C=O) groups excluding carboxylic acids is 2. The fraction of sp³-hybridized carbons (Fsp3) is 0.615. The van der Waals surface area contributed by atoms with Gasteiger partial charge in [-0.15, -0.1) is 11.8 Å². The largest absolute Gasteiger partial charge is 0.490 e. The molecule has 6 N–H and O–H groups in total. The number of aliphatic carboxylic acids is 3. The minimum Gasteiger partial charge on any atom is -0.481 e. The molecule has 1 fully saturated rings. The lowest BCUT2D eigenvalue weighted by atomic mass is 10.1. The number of halogens is 3. The predicted octanol–water partition coefficient (Wildman–Crippen LogP) is -1.09. The number of hydrogen-bond donors (Lipinski definition) is 5. The number of nitrogens with two attached hydrogens (primary N) is 1. The van der Waals surface area contributed by atoms with Crippen molar-refractivity contribution in [1.29, 1.82) is 0 Å². The lowest BCUT2D eigenvalue weighted by Crippen LogP contribution is -2.52. The Morgan fingerprint density at radius 2 is 1.71 bits per heavy atom. The number of nitrogens with one attached hydrogen (secondary N) is 1. The summed E-state index contributed by atoms with van der Waals surface area (Å²) >= 11 is 1.36. The van der Waals surface area contributed by atoms with E-state index in [1.807, 2.05) is 0 Å². The Labute approximate surface area is 160 Å². The second-order valence-electron chi connectivity index (χ2n) is 5.22. The topological polar surface area (TPSA) is 187 Å². The van der Waals surface area contributed by atoms with Crippen molar-refractivity contribution in [3.8, 4) is 0 Å². The van der Waals surface area contributed by atoms with Crippen LogP contribution in [-0.2, 0) is 24.0 Å². The van der Waals surface area contributed by atoms with Crippen LogP contribution in [0.3, 0.4) is 0 Å². The second-order valence-corrected chi connectivity index (χ2v) is 6.22. The number of alkyl halides is 3. The third kappa shape index (κ3) is 8.90. The summed E-state index contributed by atoms with van der Waals surface area (Å²) in [7, 11) is 0. The van der Waals surface area contributed by atoms with Gasteiger partial charge in [0.1, 0.15) is 12.1 Å². The Morgan fingerprint density at radius 3 is 2.11 bits per heavy atom. The summed E-state index contributed by atoms with van der Waals surface area (Å²) in [5, 5.41) is 26.9. The zero-order valence-corrected chi connectivity index (χ0v) is 15.0. The minimum atomic E-state index is -5.08. The lowest BCUT2D eigenvalue weighted by Gasteiger charge is -2.24. The highest BCUT2D eigenvalue weighted by molar-refractivity contribution is 7.99. The van der Waals surface area contributed by atoms with Gasteiger partial charge in [-0.2, -0.15) is 13.2 Å². The monoisotopic (exact) mass is 433 g/mol. The molecule has 11 nitrogen and oxygen atoms in total. The Morgan fingerprint density at radius 1 is 1.18 bits per heavy atom. The van der Waals surface area contributed by atoms with Crippen molar-refractivity contribution in [3.63, 3.8) is 0 Å². The maximum Gasteiger partial charge on any atom is 0.490 e. The summed E-state index contributed by atoms with van der Waals surface area (Å²) in [4.78, 5) is 55.3. The van der Waals surface area contributed by atoms with Crippen molar-refractivity contribution in [1.82, 2.24) is 10.2 Å². The Hall–Kier alpha value is -2.55. The molecule has 2 unspecified atom stereocenters. The number of hydrogen-bond acceptors (Lipinski definition) is 7. The van der Waals surface area contributed by atoms with Gasteiger partial charge >= 0.3 is 24.1 Å². The van der Waals surface area contributed by atoms with Crippen LogP contribution in [0.25, 0.3) is 0 Å². The quantitative estimate of drug-likeness (QED) is 0.330. The molecule has 1 aliphatic rings. The number of carboxylic acids is 3. The first kappa shape index (κ1) is 25.4. The van der Waals surface area contributed by atoms with Crippen molar-refractivity contribution >= 4 is 41.5 Å². The average molecular weight is 433 g/mol. The molecule has 15 heteroatoms. The van der Waals surface area contributed by atoms with E-state index in [-0.39, 0.29) is 19.4 Å². The van der Waals surface area contributed by atoms with E-state index in [2.05, 4.69) is 5.32 Å². The maximum absolute atomic E-state index is 12.1. The SMILES string of the molecule is NCC(=O)N1CSCC1C(=O)NC(CCC(=O)O)C(=O)O.O=C(O)C(F)(F)F. The van der Waals surface area contributed by atoms with Gasteiger partial charge in [0.15, 0.2) is 0 Å². The number of amides is 2. The Kier molecular flexibility index (Phi) is 10.3. The van der Waals surface area contributed by atoms with Gasteiger partial charge in [0.05, 0.1) is 12.4 Å². The van der Waals surface area contributed by atoms with Gasteiger partial charge in [0.2, 0.25) is 11.8 Å². The number of carboxylic acid groups (broad SMARTS) is 3. The molecule has 160 valence electrons. The van der Waals surface area contributed by atoms with Crippen LogP contribution in [-0.4, -0.2) is 86.4 Å². The van der Waals surface area contributed by atoms with Crippen molar-refractivity contribution in [2.45, 2.75) is 31.1 Å². The van der Waals surface area contributed by atoms with Crippen LogP contribution in [0.15, 0.2) is 0 Å². The van der Waals surface area contributed by atoms with Gasteiger partial charge in [-0.05, 0) is 6.42 Å². The molecule has 0 radical (unpaired) electrons. The van der Waals surface area contributed by atoms with Crippen molar-refractivity contribution < 1.29 is 52.5 Å². The molecule has 0 aromatic carbocycles. The summed E-state index contributed by atoms with van der Waals surface area (Å²) < 4.78 is 31.7. The van der Waals surface area contributed by atoms with Crippen molar-refractivity contribution in [2.24, 2.45) is 5.73 Å². The molecular weight excluding hydrogens is 415 g/mol. The molecule has 28 heavy (non-hydrogen) atoms. The summed E-state index contributed by atoms with van der Waals surface area (Å²) in [6.07, 6.45) is -5.68. The number of rotatable bonds is 7. The molecule has 0 bridgehead atoms. The lowest BCUT2D eigenvalue weighted by molar-refractivity contribution is -0.192. The zero-order chi connectivity index (χ0) is 22.1. The van der Waals surface area contributed by atoms with E-state index in [9.17, 15) is 32.3 Å². The minimum absolute atomic E-state index is 0.221. The van der Waals surface area contributed by atoms with E-state index in [1.54, 1.807) is 0 Å². The normalized spacial score (nSPS) is 17.1. The van der Waals surface area contributed by atoms with Crippen LogP contribution in [0.5, 0.6) is 0 Å². The summed E-state index contributed by atoms with van der Waals surface area (Å²) in [6, 6.07) is -2.08. The number of nitrogens with zero attached hydrogens (tertiary/aromatic N) is 1. The molecule has 0 spiro atoms. The average Bonchev–Trinajstić information content (AvgIpc) is 3.06. The first-order chi connectivity index (χ1) is 12.8. The van der Waals surface area contributed by atoms with Gasteiger partial charge in [-0.25, -0.2) is 9.59 Å². The van der Waals surface area contributed by atoms with Crippen LogP contribution in [0.1, 0.15) is 12.8 Å². The first-order valence-corrected chi connectivity index (χ1v) is 8.59. The smallest absolute Gasteiger partial charge is 0.481 e. The van der Waals surface area contributed by atoms with Crippen LogP contribution in [0.4, 0.5) is 13.2 Å². The molecule has 1 aliphatic heterocycles. The molecule has 2 atom stereocenters. The van der Waals surface area contributed by atoms with Crippen LogP contribution < -0.4 is 11.1 Å². The van der Waals surface area contributed by atoms with Crippen molar-refractivity contribution in [2.75, 3.05) is 18.2 Å². The fourth-order valence-corrected chi connectivity index (χ4v) is 3.00. The van der Waals surface area contributed by atoms with Crippen LogP contribution >= 0.6 is 11.8 Å². The van der Waals surface area contributed by atoms with Crippen LogP contribution in [0.2, 0.25) is 0 Å². The Bertz CT molecular complexity index is 616. The third-order valence-electron chi connectivity index (χ3n) is 3.18. The fourth-order valence-electron chi connectivity index (χ4n) is 1.82. The summed E-state index contributed by atoms with van der Waals surface area (Å²) in [6.45, 7) is -0.230. The molecule has 0 aromatic rings. The molecule has 0 saturated carbocycles. The second kappa shape index (κ2) is 11.3. The van der Waals surface area contributed by atoms with Gasteiger partial charge in [-0.1, -0.05) is 0 Å². The summed E-state index contributed by atoms with van der Waals surface area (Å²) in [5.41, 5.74) is 5.25. The first-order valence-electron chi connectivity index (χ1n) is 7.43. The highest BCUT2D eigenvalue weighted by Crippen LogP contribution is 2.21. The van der Waals surface area contributed by atoms with E-state index in [0.29, 0.717) is 11.6 Å². The standard InChI is InChI=1S/C11H17N3O6S.C2HF3O2/c12-3-8(15)14-5-21-4-7(14)10(18)13-6(11(19)20)1-2-9(16)17;3-2(4,5)1(6)7/h6-7H,1-5,12H2,(H,13,18)(H,16,17)(H,19,20);(H,6,7). The molecule has 2 amide bonds. The molecule has 0 aliphatic carbocycles. The van der Waals surface area contributed by atoms with Crippen molar-refractivity contribution in [3.05, 3.63) is 0 Å². The number of thioether (sulfide) groups is 1. The van der Waals surface area contributed by atoms with Gasteiger partial charge < -0.3 is 31.3 Å². The van der Waals surface area contributed by atoms with Gasteiger partial charge in [0, 0.05) is 12.2 Å². The molecule has 1 saturated heterocycles. The van der Waals surface area contributed by atoms with E-state index in [4.69, 9.17) is 25.8 Å². The zero-order valence-electron chi connectivity index (χ0n) is 14.1. The van der Waals surface area contributed by atoms with E-state index in [0.717, 1.165) is 0 Å². The number of carbonyl (C=O) groups is 5. The van der Waals surface area contributed by atoms with E-state index in [1.165, 1.54) is 16.7 Å². The molecular formula is C13H18F3N3O8S. The highest BCUT2D eigenvalue weighted by Gasteiger charge is 2.38. The highest BCUT2D eigenvalue weighted by atomic mass is 32.2. The van der Waals surface area contributed by atoms with Gasteiger partial charge in [-0.3, -0.25) is 14.4 Å².